The lowest BCUT2D eigenvalue weighted by Gasteiger charge is -2.15. The first-order valence-corrected chi connectivity index (χ1v) is 7.14. The van der Waals surface area contributed by atoms with Crippen LogP contribution in [0.3, 0.4) is 0 Å². The number of halogens is 4. The summed E-state index contributed by atoms with van der Waals surface area (Å²) in [6.07, 6.45) is -3.71. The van der Waals surface area contributed by atoms with Crippen molar-refractivity contribution in [3.63, 3.8) is 0 Å². The molecule has 0 atom stereocenters. The van der Waals surface area contributed by atoms with Crippen LogP contribution in [0.15, 0.2) is 18.2 Å². The molecule has 6 heteroatoms. The van der Waals surface area contributed by atoms with Crippen LogP contribution < -0.4 is 0 Å². The summed E-state index contributed by atoms with van der Waals surface area (Å²) in [4.78, 5) is 0. The molecule has 0 saturated carbocycles. The Hall–Kier alpha value is -1.49. The molecule has 2 rings (SSSR count). The summed E-state index contributed by atoms with van der Waals surface area (Å²) < 4.78 is 41.2. The molecular formula is C15H16ClF3N2. The molecule has 0 spiro atoms. The molecule has 0 saturated heterocycles. The van der Waals surface area contributed by atoms with Crippen LogP contribution >= 0.6 is 11.6 Å². The average molecular weight is 317 g/mol. The highest BCUT2D eigenvalue weighted by molar-refractivity contribution is 6.17. The van der Waals surface area contributed by atoms with E-state index in [0.717, 1.165) is 29.4 Å². The van der Waals surface area contributed by atoms with Crippen molar-refractivity contribution >= 4 is 11.6 Å². The topological polar surface area (TPSA) is 17.8 Å². The van der Waals surface area contributed by atoms with E-state index in [0.29, 0.717) is 5.56 Å². The van der Waals surface area contributed by atoms with E-state index in [-0.39, 0.29) is 11.6 Å². The summed E-state index contributed by atoms with van der Waals surface area (Å²) in [6, 6.07) is 4.11. The molecule has 114 valence electrons. The van der Waals surface area contributed by atoms with Crippen LogP contribution in [0.2, 0.25) is 0 Å². The highest BCUT2D eigenvalue weighted by Crippen LogP contribution is 2.35. The highest BCUT2D eigenvalue weighted by atomic mass is 35.5. The molecule has 0 radical (unpaired) electrons. The van der Waals surface area contributed by atoms with Crippen molar-refractivity contribution in [2.75, 3.05) is 0 Å². The number of aryl methyl sites for hydroxylation is 1. The second kappa shape index (κ2) is 5.72. The van der Waals surface area contributed by atoms with Gasteiger partial charge in [-0.25, -0.2) is 4.68 Å². The lowest BCUT2D eigenvalue weighted by Crippen LogP contribution is -2.13. The first kappa shape index (κ1) is 15.9. The Bertz CT molecular complexity index is 660. The molecule has 0 unspecified atom stereocenters. The number of benzene rings is 1. The molecule has 0 aliphatic rings. The summed E-state index contributed by atoms with van der Waals surface area (Å²) in [5, 5.41) is 4.26. The molecular weight excluding hydrogens is 301 g/mol. The lowest BCUT2D eigenvalue weighted by molar-refractivity contribution is -0.137. The van der Waals surface area contributed by atoms with Crippen LogP contribution in [0.5, 0.6) is 0 Å². The van der Waals surface area contributed by atoms with Gasteiger partial charge in [0.05, 0.1) is 16.9 Å². The Kier molecular flexibility index (Phi) is 4.33. The van der Waals surface area contributed by atoms with Gasteiger partial charge in [0.15, 0.2) is 0 Å². The molecule has 0 bridgehead atoms. The van der Waals surface area contributed by atoms with Crippen LogP contribution in [-0.2, 0) is 18.5 Å². The lowest BCUT2D eigenvalue weighted by atomic mass is 10.1. The molecule has 2 nitrogen and oxygen atoms in total. The van der Waals surface area contributed by atoms with Crippen molar-refractivity contribution in [2.24, 2.45) is 0 Å². The number of alkyl halides is 4. The Balaban J connectivity index is 2.69. The van der Waals surface area contributed by atoms with Gasteiger partial charge in [-0.15, -0.1) is 11.6 Å². The fourth-order valence-corrected chi connectivity index (χ4v) is 2.67. The Morgan fingerprint density at radius 2 is 1.90 bits per heavy atom. The van der Waals surface area contributed by atoms with Gasteiger partial charge in [-0.3, -0.25) is 0 Å². The van der Waals surface area contributed by atoms with E-state index in [2.05, 4.69) is 5.10 Å². The maximum absolute atomic E-state index is 13.3. The molecule has 21 heavy (non-hydrogen) atoms. The van der Waals surface area contributed by atoms with Gasteiger partial charge < -0.3 is 0 Å². The molecule has 1 aromatic heterocycles. The minimum Gasteiger partial charge on any atom is -0.237 e. The summed E-state index contributed by atoms with van der Waals surface area (Å²) in [5.41, 5.74) is 2.23. The zero-order valence-electron chi connectivity index (χ0n) is 12.1. The second-order valence-electron chi connectivity index (χ2n) is 4.90. The van der Waals surface area contributed by atoms with Crippen molar-refractivity contribution in [3.05, 3.63) is 46.3 Å². The van der Waals surface area contributed by atoms with E-state index in [1.54, 1.807) is 13.0 Å². The number of aromatic nitrogens is 2. The van der Waals surface area contributed by atoms with Crippen molar-refractivity contribution in [3.8, 4) is 5.69 Å². The predicted octanol–water partition coefficient (Wildman–Crippen LogP) is 4.81. The standard InChI is InChI=1S/C15H16ClF3N2/c1-4-12-9(2)20-21(10(12)3)14-6-5-11(8-16)7-13(14)15(17,18)19/h5-7H,4,8H2,1-3H3. The highest BCUT2D eigenvalue weighted by Gasteiger charge is 2.35. The van der Waals surface area contributed by atoms with Gasteiger partial charge >= 0.3 is 6.18 Å². The van der Waals surface area contributed by atoms with E-state index in [1.165, 1.54) is 10.7 Å². The van der Waals surface area contributed by atoms with Gasteiger partial charge in [0.2, 0.25) is 0 Å². The van der Waals surface area contributed by atoms with Gasteiger partial charge in [-0.05, 0) is 43.5 Å². The SMILES string of the molecule is CCc1c(C)nn(-c2ccc(CCl)cc2C(F)(F)F)c1C. The van der Waals surface area contributed by atoms with E-state index >= 15 is 0 Å². The van der Waals surface area contributed by atoms with Crippen LogP contribution in [0.25, 0.3) is 5.69 Å². The largest absolute Gasteiger partial charge is 0.418 e. The zero-order valence-corrected chi connectivity index (χ0v) is 12.8. The number of hydrogen-bond donors (Lipinski definition) is 0. The van der Waals surface area contributed by atoms with Crippen LogP contribution in [-0.4, -0.2) is 9.78 Å². The normalized spacial score (nSPS) is 12.0. The van der Waals surface area contributed by atoms with Crippen molar-refractivity contribution in [1.82, 2.24) is 9.78 Å². The van der Waals surface area contributed by atoms with Crippen LogP contribution in [0, 0.1) is 13.8 Å². The summed E-state index contributed by atoms with van der Waals surface area (Å²) in [7, 11) is 0. The van der Waals surface area contributed by atoms with E-state index in [4.69, 9.17) is 11.6 Å². The third-order valence-corrected chi connectivity index (χ3v) is 3.85. The minimum atomic E-state index is -4.45. The zero-order chi connectivity index (χ0) is 15.8. The molecule has 1 heterocycles. The Morgan fingerprint density at radius 1 is 1.24 bits per heavy atom. The van der Waals surface area contributed by atoms with E-state index in [9.17, 15) is 13.2 Å². The van der Waals surface area contributed by atoms with Crippen molar-refractivity contribution in [2.45, 2.75) is 39.2 Å². The molecule has 0 N–H and O–H groups in total. The number of rotatable bonds is 3. The van der Waals surface area contributed by atoms with Crippen molar-refractivity contribution in [1.29, 1.82) is 0 Å². The third kappa shape index (κ3) is 2.93. The van der Waals surface area contributed by atoms with Gasteiger partial charge in [0.25, 0.3) is 0 Å². The smallest absolute Gasteiger partial charge is 0.237 e. The summed E-state index contributed by atoms with van der Waals surface area (Å²) in [6.45, 7) is 5.56. The Morgan fingerprint density at radius 3 is 2.38 bits per heavy atom. The first-order valence-electron chi connectivity index (χ1n) is 6.61. The molecule has 1 aromatic carbocycles. The van der Waals surface area contributed by atoms with Gasteiger partial charge in [0.1, 0.15) is 0 Å². The summed E-state index contributed by atoms with van der Waals surface area (Å²) in [5.74, 6) is 0.0423. The number of nitrogens with zero attached hydrogens (tertiary/aromatic N) is 2. The third-order valence-electron chi connectivity index (χ3n) is 3.54. The average Bonchev–Trinajstić information content (AvgIpc) is 2.71. The molecule has 2 aromatic rings. The second-order valence-corrected chi connectivity index (χ2v) is 5.16. The quantitative estimate of drug-likeness (QED) is 0.743. The van der Waals surface area contributed by atoms with E-state index in [1.807, 2.05) is 13.8 Å². The van der Waals surface area contributed by atoms with Crippen LogP contribution in [0.1, 0.15) is 35.0 Å². The molecule has 0 fully saturated rings. The maximum Gasteiger partial charge on any atom is 0.418 e. The fourth-order valence-electron chi connectivity index (χ4n) is 2.50. The molecule has 0 aliphatic heterocycles. The molecule has 0 aliphatic carbocycles. The monoisotopic (exact) mass is 316 g/mol. The van der Waals surface area contributed by atoms with Crippen LogP contribution in [0.4, 0.5) is 13.2 Å². The predicted molar refractivity (Wildman–Crippen MR) is 77.0 cm³/mol. The minimum absolute atomic E-state index is 0.0386. The molecule has 0 amide bonds. The van der Waals surface area contributed by atoms with Gasteiger partial charge in [-0.1, -0.05) is 13.0 Å². The Labute approximate surface area is 126 Å². The van der Waals surface area contributed by atoms with Gasteiger partial charge in [0, 0.05) is 11.6 Å². The van der Waals surface area contributed by atoms with E-state index < -0.39 is 11.7 Å². The fraction of sp³-hybridized carbons (Fsp3) is 0.400. The number of hydrogen-bond acceptors (Lipinski definition) is 1. The first-order chi connectivity index (χ1) is 9.79. The van der Waals surface area contributed by atoms with Gasteiger partial charge in [-0.2, -0.15) is 18.3 Å². The maximum atomic E-state index is 13.3. The summed E-state index contributed by atoms with van der Waals surface area (Å²) >= 11 is 5.64. The van der Waals surface area contributed by atoms with Crippen molar-refractivity contribution < 1.29 is 13.2 Å².